The molecule has 1 aliphatic heterocycles. The van der Waals surface area contributed by atoms with Crippen molar-refractivity contribution < 1.29 is 4.79 Å². The zero-order chi connectivity index (χ0) is 12.6. The number of hydrogen-bond acceptors (Lipinski definition) is 2. The number of nitrogens with zero attached hydrogens (tertiary/aromatic N) is 2. The molecule has 2 heterocycles. The normalized spacial score (nSPS) is 19.8. The summed E-state index contributed by atoms with van der Waals surface area (Å²) >= 11 is 9.49. The third-order valence-corrected chi connectivity index (χ3v) is 3.95. The van der Waals surface area contributed by atoms with E-state index in [1.807, 2.05) is 19.1 Å². The zero-order valence-corrected chi connectivity index (χ0v) is 11.8. The van der Waals surface area contributed by atoms with Crippen LogP contribution in [0.2, 0.25) is 5.15 Å². The lowest BCUT2D eigenvalue weighted by atomic mass is 10.1. The number of anilines is 1. The van der Waals surface area contributed by atoms with E-state index < -0.39 is 0 Å². The van der Waals surface area contributed by atoms with Crippen LogP contribution in [0.25, 0.3) is 0 Å². The molecule has 0 bridgehead atoms. The van der Waals surface area contributed by atoms with E-state index in [1.54, 1.807) is 4.90 Å². The van der Waals surface area contributed by atoms with Gasteiger partial charge in [0, 0.05) is 23.4 Å². The molecule has 2 rings (SSSR count). The van der Waals surface area contributed by atoms with Crippen LogP contribution in [0.4, 0.5) is 5.69 Å². The predicted octanol–water partition coefficient (Wildman–Crippen LogP) is 3.34. The number of carbonyl (C=O) groups is 1. The molecule has 5 heteroatoms. The highest BCUT2D eigenvalue weighted by molar-refractivity contribution is 9.10. The van der Waals surface area contributed by atoms with E-state index in [9.17, 15) is 4.79 Å². The number of aromatic nitrogens is 1. The highest BCUT2D eigenvalue weighted by Gasteiger charge is 2.30. The SMILES string of the molecule is C=CC1CC(=O)N(c2cc(Br)c(C)nc2Cl)C1. The summed E-state index contributed by atoms with van der Waals surface area (Å²) in [4.78, 5) is 17.7. The number of hydrogen-bond donors (Lipinski definition) is 0. The van der Waals surface area contributed by atoms with Crippen molar-refractivity contribution in [1.29, 1.82) is 0 Å². The molecule has 1 aromatic heterocycles. The monoisotopic (exact) mass is 314 g/mol. The van der Waals surface area contributed by atoms with Crippen molar-refractivity contribution >= 4 is 39.1 Å². The Hall–Kier alpha value is -0.870. The van der Waals surface area contributed by atoms with Crippen LogP contribution >= 0.6 is 27.5 Å². The van der Waals surface area contributed by atoms with Gasteiger partial charge in [-0.3, -0.25) is 4.79 Å². The highest BCUT2D eigenvalue weighted by atomic mass is 79.9. The van der Waals surface area contributed by atoms with Crippen molar-refractivity contribution in [3.8, 4) is 0 Å². The largest absolute Gasteiger partial charge is 0.309 e. The molecule has 17 heavy (non-hydrogen) atoms. The molecule has 1 aromatic rings. The summed E-state index contributed by atoms with van der Waals surface area (Å²) in [5.74, 6) is 0.257. The second kappa shape index (κ2) is 4.78. The van der Waals surface area contributed by atoms with Gasteiger partial charge in [-0.05, 0) is 28.9 Å². The maximum absolute atomic E-state index is 11.9. The summed E-state index contributed by atoms with van der Waals surface area (Å²) in [7, 11) is 0. The molecule has 0 aliphatic carbocycles. The van der Waals surface area contributed by atoms with Crippen LogP contribution in [0.15, 0.2) is 23.2 Å². The molecule has 1 amide bonds. The zero-order valence-electron chi connectivity index (χ0n) is 9.41. The Bertz CT molecular complexity index is 490. The van der Waals surface area contributed by atoms with E-state index >= 15 is 0 Å². The van der Waals surface area contributed by atoms with Crippen molar-refractivity contribution in [2.24, 2.45) is 5.92 Å². The number of halogens is 2. The minimum atomic E-state index is 0.0642. The molecular weight excluding hydrogens is 304 g/mol. The number of pyridine rings is 1. The van der Waals surface area contributed by atoms with Crippen molar-refractivity contribution in [2.45, 2.75) is 13.3 Å². The average molecular weight is 316 g/mol. The summed E-state index contributed by atoms with van der Waals surface area (Å²) in [5.41, 5.74) is 1.48. The third kappa shape index (κ3) is 2.38. The van der Waals surface area contributed by atoms with Gasteiger partial charge < -0.3 is 4.90 Å². The van der Waals surface area contributed by atoms with E-state index in [0.29, 0.717) is 23.8 Å². The van der Waals surface area contributed by atoms with Crippen LogP contribution in [-0.4, -0.2) is 17.4 Å². The first kappa shape index (κ1) is 12.6. The van der Waals surface area contributed by atoms with Gasteiger partial charge in [-0.25, -0.2) is 4.98 Å². The van der Waals surface area contributed by atoms with Crippen molar-refractivity contribution in [2.75, 3.05) is 11.4 Å². The van der Waals surface area contributed by atoms with Crippen LogP contribution in [0.3, 0.4) is 0 Å². The summed E-state index contributed by atoms with van der Waals surface area (Å²) in [5, 5.41) is 0.365. The Morgan fingerprint density at radius 1 is 1.71 bits per heavy atom. The second-order valence-corrected chi connectivity index (χ2v) is 5.28. The summed E-state index contributed by atoms with van der Waals surface area (Å²) in [6.07, 6.45) is 2.30. The second-order valence-electron chi connectivity index (χ2n) is 4.07. The Morgan fingerprint density at radius 2 is 2.41 bits per heavy atom. The van der Waals surface area contributed by atoms with Crippen LogP contribution in [-0.2, 0) is 4.79 Å². The lowest BCUT2D eigenvalue weighted by Crippen LogP contribution is -2.25. The molecule has 1 atom stereocenters. The molecule has 0 spiro atoms. The first-order chi connectivity index (χ1) is 8.02. The maximum atomic E-state index is 11.9. The summed E-state index contributed by atoms with van der Waals surface area (Å²) in [6, 6.07) is 1.84. The van der Waals surface area contributed by atoms with Gasteiger partial charge in [-0.15, -0.1) is 6.58 Å². The van der Waals surface area contributed by atoms with E-state index in [-0.39, 0.29) is 11.8 Å². The molecule has 1 fully saturated rings. The fourth-order valence-corrected chi connectivity index (χ4v) is 2.45. The van der Waals surface area contributed by atoms with Gasteiger partial charge in [0.2, 0.25) is 5.91 Å². The minimum Gasteiger partial charge on any atom is -0.309 e. The predicted molar refractivity (Wildman–Crippen MR) is 72.3 cm³/mol. The number of amides is 1. The summed E-state index contributed by atoms with van der Waals surface area (Å²) in [6.45, 7) is 6.21. The highest BCUT2D eigenvalue weighted by Crippen LogP contribution is 2.33. The maximum Gasteiger partial charge on any atom is 0.227 e. The van der Waals surface area contributed by atoms with Crippen LogP contribution in [0, 0.1) is 12.8 Å². The Morgan fingerprint density at radius 3 is 3.00 bits per heavy atom. The van der Waals surface area contributed by atoms with Crippen LogP contribution in [0.1, 0.15) is 12.1 Å². The smallest absolute Gasteiger partial charge is 0.227 e. The van der Waals surface area contributed by atoms with E-state index in [1.165, 1.54) is 0 Å². The number of rotatable bonds is 2. The van der Waals surface area contributed by atoms with Gasteiger partial charge in [0.15, 0.2) is 5.15 Å². The van der Waals surface area contributed by atoms with Gasteiger partial charge in [0.25, 0.3) is 0 Å². The molecule has 0 aromatic carbocycles. The molecule has 1 saturated heterocycles. The van der Waals surface area contributed by atoms with Gasteiger partial charge in [-0.2, -0.15) is 0 Å². The molecule has 1 aliphatic rings. The van der Waals surface area contributed by atoms with Gasteiger partial charge >= 0.3 is 0 Å². The number of aryl methyl sites for hydroxylation is 1. The average Bonchev–Trinajstić information content (AvgIpc) is 2.65. The first-order valence-corrected chi connectivity index (χ1v) is 6.45. The van der Waals surface area contributed by atoms with E-state index in [0.717, 1.165) is 10.2 Å². The lowest BCUT2D eigenvalue weighted by molar-refractivity contribution is -0.117. The van der Waals surface area contributed by atoms with Crippen molar-refractivity contribution in [1.82, 2.24) is 4.98 Å². The van der Waals surface area contributed by atoms with Crippen molar-refractivity contribution in [3.05, 3.63) is 34.0 Å². The summed E-state index contributed by atoms with van der Waals surface area (Å²) < 4.78 is 0.853. The Labute approximate surface area is 114 Å². The third-order valence-electron chi connectivity index (χ3n) is 2.87. The standard InChI is InChI=1S/C12H12BrClN2O/c1-3-8-4-11(17)16(6-8)10-5-9(13)7(2)15-12(10)14/h3,5,8H,1,4,6H2,2H3. The van der Waals surface area contributed by atoms with Crippen LogP contribution < -0.4 is 4.90 Å². The van der Waals surface area contributed by atoms with Crippen molar-refractivity contribution in [3.63, 3.8) is 0 Å². The van der Waals surface area contributed by atoms with Gasteiger partial charge in [0.1, 0.15) is 0 Å². The topological polar surface area (TPSA) is 33.2 Å². The quantitative estimate of drug-likeness (QED) is 0.619. The molecule has 1 unspecified atom stereocenters. The Balaban J connectivity index is 2.38. The van der Waals surface area contributed by atoms with E-state index in [4.69, 9.17) is 11.6 Å². The molecular formula is C12H12BrClN2O. The van der Waals surface area contributed by atoms with Crippen LogP contribution in [0.5, 0.6) is 0 Å². The molecule has 3 nitrogen and oxygen atoms in total. The van der Waals surface area contributed by atoms with E-state index in [2.05, 4.69) is 27.5 Å². The minimum absolute atomic E-state index is 0.0642. The first-order valence-electron chi connectivity index (χ1n) is 5.28. The van der Waals surface area contributed by atoms with Gasteiger partial charge in [-0.1, -0.05) is 17.7 Å². The lowest BCUT2D eigenvalue weighted by Gasteiger charge is -2.18. The molecule has 0 saturated carbocycles. The number of carbonyl (C=O) groups excluding carboxylic acids is 1. The fraction of sp³-hybridized carbons (Fsp3) is 0.333. The molecule has 90 valence electrons. The van der Waals surface area contributed by atoms with Gasteiger partial charge in [0.05, 0.1) is 11.4 Å². The molecule has 0 radical (unpaired) electrons. The Kier molecular flexibility index (Phi) is 3.54. The fourth-order valence-electron chi connectivity index (χ4n) is 1.86. The molecule has 0 N–H and O–H groups in total.